The largest absolute Gasteiger partial charge is 0.405 e. The quantitative estimate of drug-likeness (QED) is 0.332. The Kier molecular flexibility index (Phi) is 8.16. The normalized spacial score (nSPS) is 14.1. The molecule has 0 radical (unpaired) electrons. The van der Waals surface area contributed by atoms with Crippen molar-refractivity contribution in [1.82, 2.24) is 35.3 Å². The first-order valence-corrected chi connectivity index (χ1v) is 12.6. The summed E-state index contributed by atoms with van der Waals surface area (Å²) in [7, 11) is 1.60. The van der Waals surface area contributed by atoms with Gasteiger partial charge in [-0.3, -0.25) is 9.78 Å². The van der Waals surface area contributed by atoms with E-state index in [0.29, 0.717) is 73.3 Å². The zero-order chi connectivity index (χ0) is 28.1. The number of alkyl halides is 3. The molecule has 5 rings (SSSR count). The molecular formula is C26H27F3N8O3. The second kappa shape index (κ2) is 11.9. The lowest BCUT2D eigenvalue weighted by molar-refractivity contribution is -0.138. The van der Waals surface area contributed by atoms with E-state index in [0.717, 1.165) is 11.3 Å². The van der Waals surface area contributed by atoms with E-state index in [-0.39, 0.29) is 6.42 Å². The van der Waals surface area contributed by atoms with Gasteiger partial charge in [-0.2, -0.15) is 13.2 Å². The highest BCUT2D eigenvalue weighted by molar-refractivity contribution is 5.88. The van der Waals surface area contributed by atoms with Gasteiger partial charge in [0.05, 0.1) is 44.5 Å². The number of morpholine rings is 1. The molecule has 1 fully saturated rings. The van der Waals surface area contributed by atoms with Crippen LogP contribution >= 0.6 is 0 Å². The van der Waals surface area contributed by atoms with Crippen LogP contribution in [-0.2, 0) is 33.8 Å². The Morgan fingerprint density at radius 3 is 2.62 bits per heavy atom. The highest BCUT2D eigenvalue weighted by atomic mass is 19.4. The first-order valence-electron chi connectivity index (χ1n) is 12.6. The number of hydrogen-bond donors (Lipinski definition) is 1. The Balaban J connectivity index is 1.42. The van der Waals surface area contributed by atoms with Crippen molar-refractivity contribution in [2.24, 2.45) is 0 Å². The molecule has 4 heterocycles. The average molecular weight is 557 g/mol. The van der Waals surface area contributed by atoms with E-state index >= 15 is 0 Å². The lowest BCUT2D eigenvalue weighted by Crippen LogP contribution is -2.37. The van der Waals surface area contributed by atoms with E-state index in [4.69, 9.17) is 24.4 Å². The first kappa shape index (κ1) is 27.4. The SMILES string of the molecule is COCc1cn(Cc2cnc3c(N4CCOCC4)nc(-c4ccc(CC(=O)NCC(F)(F)F)cc4)nc3c2)nn1. The van der Waals surface area contributed by atoms with Crippen molar-refractivity contribution in [2.75, 3.05) is 44.9 Å². The molecule has 11 nitrogen and oxygen atoms in total. The van der Waals surface area contributed by atoms with Crippen LogP contribution < -0.4 is 10.2 Å². The number of hydrogen-bond acceptors (Lipinski definition) is 9. The molecular weight excluding hydrogens is 529 g/mol. The van der Waals surface area contributed by atoms with Crippen LogP contribution in [0, 0.1) is 0 Å². The van der Waals surface area contributed by atoms with Gasteiger partial charge in [0, 0.05) is 32.0 Å². The van der Waals surface area contributed by atoms with Gasteiger partial charge < -0.3 is 19.7 Å². The van der Waals surface area contributed by atoms with Crippen molar-refractivity contribution >= 4 is 22.8 Å². The molecule has 0 saturated carbocycles. The number of rotatable bonds is 9. The fourth-order valence-electron chi connectivity index (χ4n) is 4.29. The van der Waals surface area contributed by atoms with Crippen molar-refractivity contribution in [1.29, 1.82) is 0 Å². The fraction of sp³-hybridized carbons (Fsp3) is 0.385. The molecule has 14 heteroatoms. The number of ether oxygens (including phenoxy) is 2. The predicted octanol–water partition coefficient (Wildman–Crippen LogP) is 2.54. The number of nitrogens with one attached hydrogen (secondary N) is 1. The monoisotopic (exact) mass is 556 g/mol. The lowest BCUT2D eigenvalue weighted by Gasteiger charge is -2.28. The molecule has 0 bridgehead atoms. The van der Waals surface area contributed by atoms with Gasteiger partial charge in [0.1, 0.15) is 17.8 Å². The van der Waals surface area contributed by atoms with Gasteiger partial charge >= 0.3 is 6.18 Å². The van der Waals surface area contributed by atoms with Crippen molar-refractivity contribution in [3.05, 3.63) is 59.5 Å². The van der Waals surface area contributed by atoms with Gasteiger partial charge in [0.25, 0.3) is 0 Å². The maximum Gasteiger partial charge on any atom is 0.405 e. The number of fused-ring (bicyclic) bond motifs is 1. The van der Waals surface area contributed by atoms with E-state index in [2.05, 4.69) is 15.2 Å². The van der Waals surface area contributed by atoms with Crippen LogP contribution in [0.2, 0.25) is 0 Å². The third kappa shape index (κ3) is 6.87. The van der Waals surface area contributed by atoms with E-state index in [1.165, 1.54) is 0 Å². The van der Waals surface area contributed by atoms with Crippen LogP contribution in [0.1, 0.15) is 16.8 Å². The second-order valence-electron chi connectivity index (χ2n) is 9.29. The number of carbonyl (C=O) groups is 1. The molecule has 1 aliphatic heterocycles. The first-order chi connectivity index (χ1) is 19.3. The molecule has 210 valence electrons. The number of amides is 1. The molecule has 0 aliphatic carbocycles. The van der Waals surface area contributed by atoms with Gasteiger partial charge in [0.2, 0.25) is 5.91 Å². The molecule has 1 N–H and O–H groups in total. The number of halogens is 3. The van der Waals surface area contributed by atoms with Gasteiger partial charge in [-0.1, -0.05) is 29.5 Å². The van der Waals surface area contributed by atoms with Crippen LogP contribution in [0.3, 0.4) is 0 Å². The number of anilines is 1. The Labute approximate surface area is 227 Å². The summed E-state index contributed by atoms with van der Waals surface area (Å²) in [6, 6.07) is 8.80. The van der Waals surface area contributed by atoms with E-state index in [9.17, 15) is 18.0 Å². The number of methoxy groups -OCH3 is 1. The molecule has 4 aromatic rings. The third-order valence-corrected chi connectivity index (χ3v) is 6.17. The number of pyridine rings is 1. The minimum Gasteiger partial charge on any atom is -0.378 e. The summed E-state index contributed by atoms with van der Waals surface area (Å²) in [5.41, 5.74) is 4.17. The van der Waals surface area contributed by atoms with Gasteiger partial charge in [-0.25, -0.2) is 14.6 Å². The fourth-order valence-corrected chi connectivity index (χ4v) is 4.29. The van der Waals surface area contributed by atoms with Crippen molar-refractivity contribution in [3.63, 3.8) is 0 Å². The molecule has 1 saturated heterocycles. The zero-order valence-electron chi connectivity index (χ0n) is 21.7. The summed E-state index contributed by atoms with van der Waals surface area (Å²) in [6.07, 6.45) is -1.05. The van der Waals surface area contributed by atoms with Gasteiger partial charge in [-0.15, -0.1) is 5.10 Å². The van der Waals surface area contributed by atoms with Gasteiger partial charge in [-0.05, 0) is 17.2 Å². The van der Waals surface area contributed by atoms with Crippen LogP contribution in [0.15, 0.2) is 42.7 Å². The van der Waals surface area contributed by atoms with E-state index < -0.39 is 18.6 Å². The van der Waals surface area contributed by atoms with Crippen LogP contribution in [0.4, 0.5) is 19.0 Å². The van der Waals surface area contributed by atoms with Crippen LogP contribution in [-0.4, -0.2) is 82.0 Å². The topological polar surface area (TPSA) is 120 Å². The second-order valence-corrected chi connectivity index (χ2v) is 9.29. The number of nitrogens with zero attached hydrogens (tertiary/aromatic N) is 7. The Morgan fingerprint density at radius 1 is 1.12 bits per heavy atom. The number of benzene rings is 1. The zero-order valence-corrected chi connectivity index (χ0v) is 21.7. The molecule has 0 atom stereocenters. The number of aromatic nitrogens is 6. The minimum atomic E-state index is -4.46. The van der Waals surface area contributed by atoms with Gasteiger partial charge in [0.15, 0.2) is 11.6 Å². The smallest absolute Gasteiger partial charge is 0.378 e. The van der Waals surface area contributed by atoms with Crippen molar-refractivity contribution < 1.29 is 27.4 Å². The summed E-state index contributed by atoms with van der Waals surface area (Å²) in [5.74, 6) is 0.444. The average Bonchev–Trinajstić information content (AvgIpc) is 3.38. The summed E-state index contributed by atoms with van der Waals surface area (Å²) in [6.45, 7) is 1.90. The highest BCUT2D eigenvalue weighted by Gasteiger charge is 2.27. The summed E-state index contributed by atoms with van der Waals surface area (Å²) in [5, 5.41) is 10.1. The molecule has 3 aromatic heterocycles. The number of carbonyl (C=O) groups excluding carboxylic acids is 1. The molecule has 1 aromatic carbocycles. The molecule has 0 spiro atoms. The Morgan fingerprint density at radius 2 is 1.90 bits per heavy atom. The third-order valence-electron chi connectivity index (χ3n) is 6.17. The van der Waals surface area contributed by atoms with E-state index in [1.54, 1.807) is 42.3 Å². The molecule has 1 aliphatic rings. The van der Waals surface area contributed by atoms with Crippen molar-refractivity contribution in [3.8, 4) is 11.4 Å². The molecule has 1 amide bonds. The Bertz CT molecular complexity index is 1470. The van der Waals surface area contributed by atoms with E-state index in [1.807, 2.05) is 17.6 Å². The minimum absolute atomic E-state index is 0.171. The maximum atomic E-state index is 12.4. The van der Waals surface area contributed by atoms with Crippen molar-refractivity contribution in [2.45, 2.75) is 25.7 Å². The predicted molar refractivity (Wildman–Crippen MR) is 138 cm³/mol. The molecule has 40 heavy (non-hydrogen) atoms. The lowest BCUT2D eigenvalue weighted by atomic mass is 10.1. The van der Waals surface area contributed by atoms with Crippen LogP contribution in [0.5, 0.6) is 0 Å². The highest BCUT2D eigenvalue weighted by Crippen LogP contribution is 2.28. The summed E-state index contributed by atoms with van der Waals surface area (Å²) < 4.78 is 49.5. The standard InChI is InChI=1S/C26H27F3N8O3/c1-39-15-20-14-37(35-34-20)13-18-10-21-23(30-12-18)25(36-6-8-40-9-7-36)33-24(32-21)19-4-2-17(3-5-19)11-22(38)31-16-26(27,28)29/h2-5,10,12,14H,6-9,11,13,15-16H2,1H3,(H,31,38). The summed E-state index contributed by atoms with van der Waals surface area (Å²) in [4.78, 5) is 28.3. The maximum absolute atomic E-state index is 12.4. The molecule has 0 unspecified atom stereocenters. The Hall–Kier alpha value is -4.17. The van der Waals surface area contributed by atoms with Crippen LogP contribution in [0.25, 0.3) is 22.4 Å². The summed E-state index contributed by atoms with van der Waals surface area (Å²) >= 11 is 0.